The third kappa shape index (κ3) is 3.22. The monoisotopic (exact) mass is 237 g/mol. The van der Waals surface area contributed by atoms with Crippen LogP contribution in [-0.2, 0) is 9.47 Å². The van der Waals surface area contributed by atoms with Crippen LogP contribution in [0.2, 0.25) is 0 Å². The Labute approximate surface area is 104 Å². The van der Waals surface area contributed by atoms with Gasteiger partial charge in [-0.1, -0.05) is 6.92 Å². The molecule has 0 saturated carbocycles. The van der Waals surface area contributed by atoms with Crippen molar-refractivity contribution in [3.8, 4) is 12.3 Å². The van der Waals surface area contributed by atoms with Crippen molar-refractivity contribution in [3.05, 3.63) is 0 Å². The van der Waals surface area contributed by atoms with Gasteiger partial charge in [0.2, 0.25) is 0 Å². The first-order valence-corrected chi connectivity index (χ1v) is 6.69. The van der Waals surface area contributed by atoms with Crippen molar-refractivity contribution >= 4 is 0 Å². The zero-order valence-electron chi connectivity index (χ0n) is 10.7. The Bertz CT molecular complexity index is 278. The van der Waals surface area contributed by atoms with Crippen molar-refractivity contribution in [1.29, 1.82) is 0 Å². The van der Waals surface area contributed by atoms with Gasteiger partial charge in [-0.2, -0.15) is 0 Å². The Hall–Kier alpha value is -0.560. The second kappa shape index (κ2) is 5.86. The lowest BCUT2D eigenvalue weighted by Gasteiger charge is -2.38. The summed E-state index contributed by atoms with van der Waals surface area (Å²) in [6, 6.07) is 0.978. The number of nitrogens with one attached hydrogen (secondary N) is 1. The van der Waals surface area contributed by atoms with Crippen LogP contribution in [0.25, 0.3) is 0 Å². The maximum atomic E-state index is 5.93. The van der Waals surface area contributed by atoms with E-state index in [-0.39, 0.29) is 5.60 Å². The minimum absolute atomic E-state index is 0.00957. The van der Waals surface area contributed by atoms with Crippen LogP contribution in [0.1, 0.15) is 39.0 Å². The van der Waals surface area contributed by atoms with E-state index in [0.717, 1.165) is 51.9 Å². The molecule has 2 fully saturated rings. The van der Waals surface area contributed by atoms with E-state index in [2.05, 4.69) is 18.2 Å². The molecular weight excluding hydrogens is 214 g/mol. The van der Waals surface area contributed by atoms with Crippen molar-refractivity contribution in [2.75, 3.05) is 19.8 Å². The third-order valence-electron chi connectivity index (χ3n) is 3.89. The van der Waals surface area contributed by atoms with E-state index in [1.807, 2.05) is 0 Å². The molecule has 0 aromatic heterocycles. The number of hydrogen-bond acceptors (Lipinski definition) is 3. The van der Waals surface area contributed by atoms with E-state index in [4.69, 9.17) is 15.9 Å². The lowest BCUT2D eigenvalue weighted by atomic mass is 9.89. The van der Waals surface area contributed by atoms with Gasteiger partial charge in [-0.3, -0.25) is 0 Å². The van der Waals surface area contributed by atoms with E-state index >= 15 is 0 Å². The molecule has 1 N–H and O–H groups in total. The Morgan fingerprint density at radius 1 is 1.53 bits per heavy atom. The van der Waals surface area contributed by atoms with Crippen LogP contribution in [0.15, 0.2) is 0 Å². The lowest BCUT2D eigenvalue weighted by molar-refractivity contribution is -0.0903. The van der Waals surface area contributed by atoms with Crippen LogP contribution in [0, 0.1) is 12.3 Å². The van der Waals surface area contributed by atoms with Gasteiger partial charge in [-0.15, -0.1) is 12.3 Å². The molecule has 3 atom stereocenters. The predicted molar refractivity (Wildman–Crippen MR) is 67.8 cm³/mol. The summed E-state index contributed by atoms with van der Waals surface area (Å²) in [6.07, 6.45) is 10.5. The smallest absolute Gasteiger partial charge is 0.0951 e. The average Bonchev–Trinajstić information content (AvgIpc) is 2.77. The number of rotatable bonds is 4. The van der Waals surface area contributed by atoms with Crippen molar-refractivity contribution in [1.82, 2.24) is 5.32 Å². The topological polar surface area (TPSA) is 30.5 Å². The number of terminal acetylenes is 1. The molecule has 96 valence electrons. The molecule has 3 heteroatoms. The molecule has 0 amide bonds. The minimum Gasteiger partial charge on any atom is -0.378 e. The molecule has 0 aromatic rings. The van der Waals surface area contributed by atoms with Crippen molar-refractivity contribution in [2.45, 2.75) is 56.7 Å². The molecule has 2 aliphatic heterocycles. The Morgan fingerprint density at radius 2 is 2.41 bits per heavy atom. The highest BCUT2D eigenvalue weighted by molar-refractivity contribution is 4.95. The SMILES string of the molecule is C#CCC(CC)NC1CCOC2(CCOC2)C1. The quantitative estimate of drug-likeness (QED) is 0.755. The molecule has 17 heavy (non-hydrogen) atoms. The van der Waals surface area contributed by atoms with Gasteiger partial charge in [0.05, 0.1) is 12.2 Å². The van der Waals surface area contributed by atoms with E-state index in [0.29, 0.717) is 12.1 Å². The first-order chi connectivity index (χ1) is 8.28. The van der Waals surface area contributed by atoms with Gasteiger partial charge in [0.1, 0.15) is 0 Å². The van der Waals surface area contributed by atoms with Crippen LogP contribution >= 0.6 is 0 Å². The molecule has 0 radical (unpaired) electrons. The summed E-state index contributed by atoms with van der Waals surface area (Å²) < 4.78 is 11.4. The summed E-state index contributed by atoms with van der Waals surface area (Å²) >= 11 is 0. The number of hydrogen-bond donors (Lipinski definition) is 1. The van der Waals surface area contributed by atoms with Gasteiger partial charge < -0.3 is 14.8 Å². The van der Waals surface area contributed by atoms with Crippen LogP contribution in [-0.4, -0.2) is 37.5 Å². The average molecular weight is 237 g/mol. The van der Waals surface area contributed by atoms with Gasteiger partial charge >= 0.3 is 0 Å². The zero-order valence-corrected chi connectivity index (χ0v) is 10.7. The summed E-state index contributed by atoms with van der Waals surface area (Å²) in [4.78, 5) is 0. The third-order valence-corrected chi connectivity index (χ3v) is 3.89. The molecule has 2 rings (SSSR count). The second-order valence-corrected chi connectivity index (χ2v) is 5.20. The van der Waals surface area contributed by atoms with E-state index < -0.39 is 0 Å². The highest BCUT2D eigenvalue weighted by atomic mass is 16.6. The molecular formula is C14H23NO2. The largest absolute Gasteiger partial charge is 0.378 e. The van der Waals surface area contributed by atoms with Crippen molar-refractivity contribution < 1.29 is 9.47 Å². The second-order valence-electron chi connectivity index (χ2n) is 5.20. The molecule has 2 aliphatic rings. The molecule has 0 bridgehead atoms. The number of ether oxygens (including phenoxy) is 2. The van der Waals surface area contributed by atoms with E-state index in [9.17, 15) is 0 Å². The summed E-state index contributed by atoms with van der Waals surface area (Å²) in [5, 5.41) is 3.68. The fourth-order valence-electron chi connectivity index (χ4n) is 2.83. The molecule has 0 aliphatic carbocycles. The van der Waals surface area contributed by atoms with Crippen molar-refractivity contribution in [2.24, 2.45) is 0 Å². The molecule has 2 heterocycles. The van der Waals surface area contributed by atoms with E-state index in [1.165, 1.54) is 0 Å². The normalized spacial score (nSPS) is 34.7. The van der Waals surface area contributed by atoms with Gasteiger partial charge in [-0.05, 0) is 19.3 Å². The fraction of sp³-hybridized carbons (Fsp3) is 0.857. The van der Waals surface area contributed by atoms with Gasteiger partial charge in [0.15, 0.2) is 0 Å². The van der Waals surface area contributed by atoms with Crippen LogP contribution in [0.4, 0.5) is 0 Å². The summed E-state index contributed by atoms with van der Waals surface area (Å²) in [5.74, 6) is 2.75. The maximum absolute atomic E-state index is 5.93. The summed E-state index contributed by atoms with van der Waals surface area (Å²) in [6.45, 7) is 4.63. The predicted octanol–water partition coefficient (Wildman–Crippen LogP) is 1.72. The highest BCUT2D eigenvalue weighted by Crippen LogP contribution is 2.33. The molecule has 0 aromatic carbocycles. The Kier molecular flexibility index (Phi) is 4.44. The van der Waals surface area contributed by atoms with Gasteiger partial charge in [0, 0.05) is 38.1 Å². The standard InChI is InChI=1S/C14H23NO2/c1-3-5-12(4-2)15-13-6-8-17-14(10-13)7-9-16-11-14/h1,12-13,15H,4-11H2,2H3. The van der Waals surface area contributed by atoms with Gasteiger partial charge in [0.25, 0.3) is 0 Å². The van der Waals surface area contributed by atoms with Crippen molar-refractivity contribution in [3.63, 3.8) is 0 Å². The molecule has 3 nitrogen and oxygen atoms in total. The van der Waals surface area contributed by atoms with Crippen LogP contribution in [0.5, 0.6) is 0 Å². The Morgan fingerprint density at radius 3 is 3.06 bits per heavy atom. The Balaban J connectivity index is 1.86. The first-order valence-electron chi connectivity index (χ1n) is 6.69. The molecule has 3 unspecified atom stereocenters. The first kappa shape index (κ1) is 12.9. The highest BCUT2D eigenvalue weighted by Gasteiger charge is 2.41. The fourth-order valence-corrected chi connectivity index (χ4v) is 2.83. The lowest BCUT2D eigenvalue weighted by Crippen LogP contribution is -2.50. The summed E-state index contributed by atoms with van der Waals surface area (Å²) in [7, 11) is 0. The molecule has 1 spiro atoms. The van der Waals surface area contributed by atoms with Crippen LogP contribution in [0.3, 0.4) is 0 Å². The van der Waals surface area contributed by atoms with E-state index in [1.54, 1.807) is 0 Å². The van der Waals surface area contributed by atoms with Gasteiger partial charge in [-0.25, -0.2) is 0 Å². The molecule has 2 saturated heterocycles. The minimum atomic E-state index is -0.00957. The summed E-state index contributed by atoms with van der Waals surface area (Å²) in [5.41, 5.74) is -0.00957. The van der Waals surface area contributed by atoms with Crippen LogP contribution < -0.4 is 5.32 Å². The zero-order chi connectivity index (χ0) is 12.1. The maximum Gasteiger partial charge on any atom is 0.0951 e.